The molecule has 5 rings (SSSR count). The molecule has 3 heteroatoms. The van der Waals surface area contributed by atoms with Gasteiger partial charge in [-0.3, -0.25) is 14.6 Å². The number of rotatable bonds is 1. The summed E-state index contributed by atoms with van der Waals surface area (Å²) in [5.74, 6) is -0.341. The summed E-state index contributed by atoms with van der Waals surface area (Å²) in [4.78, 5) is 31.6. The number of hydrogen-bond acceptors (Lipinski definition) is 3. The van der Waals surface area contributed by atoms with Crippen LogP contribution in [0.3, 0.4) is 0 Å². The van der Waals surface area contributed by atoms with Crippen LogP contribution in [0.25, 0.3) is 5.70 Å². The highest BCUT2D eigenvalue weighted by Crippen LogP contribution is 2.51. The van der Waals surface area contributed by atoms with Crippen LogP contribution in [0.4, 0.5) is 0 Å². The fourth-order valence-corrected chi connectivity index (χ4v) is 5.06. The van der Waals surface area contributed by atoms with Crippen molar-refractivity contribution in [1.29, 1.82) is 0 Å². The normalized spacial score (nSPS) is 25.2. The van der Waals surface area contributed by atoms with Crippen molar-refractivity contribution in [2.75, 3.05) is 0 Å². The molecule has 0 saturated heterocycles. The molecule has 0 bridgehead atoms. The Morgan fingerprint density at radius 1 is 0.893 bits per heavy atom. The van der Waals surface area contributed by atoms with Crippen molar-refractivity contribution in [2.24, 2.45) is 16.3 Å². The third kappa shape index (κ3) is 2.46. The number of aryl methyl sites for hydroxylation is 1. The lowest BCUT2D eigenvalue weighted by atomic mass is 9.63. The first-order chi connectivity index (χ1) is 13.4. The van der Waals surface area contributed by atoms with Crippen LogP contribution in [0.5, 0.6) is 0 Å². The molecule has 0 spiro atoms. The van der Waals surface area contributed by atoms with Gasteiger partial charge in [0.05, 0.1) is 11.6 Å². The molecule has 28 heavy (non-hydrogen) atoms. The number of ketones is 2. The van der Waals surface area contributed by atoms with E-state index >= 15 is 0 Å². The number of aliphatic imine (C=N–C) groups is 1. The molecule has 140 valence electrons. The average Bonchev–Trinajstić information content (AvgIpc) is 2.93. The summed E-state index contributed by atoms with van der Waals surface area (Å²) < 4.78 is 0. The molecule has 1 heterocycles. The Labute approximate surface area is 165 Å². The minimum absolute atomic E-state index is 0.0246. The number of Topliss-reactive ketones (excluding diaryl/α,β-unsaturated/α-hetero) is 2. The summed E-state index contributed by atoms with van der Waals surface area (Å²) in [5, 5.41) is 0. The molecule has 1 saturated carbocycles. The molecule has 1 fully saturated rings. The van der Waals surface area contributed by atoms with Crippen LogP contribution >= 0.6 is 0 Å². The predicted octanol–water partition coefficient (Wildman–Crippen LogP) is 5.15. The molecule has 2 atom stereocenters. The highest BCUT2D eigenvalue weighted by molar-refractivity contribution is 6.25. The zero-order valence-corrected chi connectivity index (χ0v) is 16.5. The Kier molecular flexibility index (Phi) is 3.61. The second-order valence-electron chi connectivity index (χ2n) is 9.09. The van der Waals surface area contributed by atoms with Crippen LogP contribution in [0.2, 0.25) is 0 Å². The third-order valence-electron chi connectivity index (χ3n) is 6.28. The van der Waals surface area contributed by atoms with Gasteiger partial charge >= 0.3 is 0 Å². The monoisotopic (exact) mass is 369 g/mol. The summed E-state index contributed by atoms with van der Waals surface area (Å²) in [5.41, 5.74) is 6.14. The first-order valence-electron chi connectivity index (χ1n) is 9.91. The van der Waals surface area contributed by atoms with E-state index in [0.29, 0.717) is 17.6 Å². The molecule has 3 aliphatic rings. The first-order valence-corrected chi connectivity index (χ1v) is 9.91. The summed E-state index contributed by atoms with van der Waals surface area (Å²) in [6.07, 6.45) is 1.32. The largest absolute Gasteiger partial charge is 0.299 e. The van der Waals surface area contributed by atoms with Gasteiger partial charge in [-0.15, -0.1) is 0 Å². The van der Waals surface area contributed by atoms with Crippen molar-refractivity contribution < 1.29 is 9.59 Å². The summed E-state index contributed by atoms with van der Waals surface area (Å²) in [6, 6.07) is 15.9. The molecule has 0 amide bonds. The van der Waals surface area contributed by atoms with E-state index in [9.17, 15) is 9.59 Å². The van der Waals surface area contributed by atoms with Gasteiger partial charge in [0.1, 0.15) is 5.78 Å². The van der Waals surface area contributed by atoms with Gasteiger partial charge in [0, 0.05) is 34.8 Å². The van der Waals surface area contributed by atoms with Gasteiger partial charge in [-0.05, 0) is 24.3 Å². The summed E-state index contributed by atoms with van der Waals surface area (Å²) in [6.45, 7) is 6.30. The van der Waals surface area contributed by atoms with Crippen molar-refractivity contribution in [3.05, 3.63) is 76.4 Å². The maximum absolute atomic E-state index is 13.4. The Bertz CT molecular complexity index is 1090. The molecule has 2 aromatic rings. The number of carbonyl (C=O) groups is 2. The average molecular weight is 369 g/mol. The van der Waals surface area contributed by atoms with Gasteiger partial charge in [0.25, 0.3) is 0 Å². The van der Waals surface area contributed by atoms with Gasteiger partial charge in [-0.25, -0.2) is 0 Å². The Hall–Kier alpha value is -2.81. The van der Waals surface area contributed by atoms with Crippen LogP contribution in [-0.4, -0.2) is 17.3 Å². The second-order valence-corrected chi connectivity index (χ2v) is 9.09. The van der Waals surface area contributed by atoms with E-state index in [-0.39, 0.29) is 28.8 Å². The molecule has 0 unspecified atom stereocenters. The molecule has 3 nitrogen and oxygen atoms in total. The van der Waals surface area contributed by atoms with Crippen molar-refractivity contribution in [3.63, 3.8) is 0 Å². The zero-order chi connectivity index (χ0) is 19.6. The maximum Gasteiger partial charge on any atom is 0.192 e. The minimum atomic E-state index is -0.326. The lowest BCUT2D eigenvalue weighted by molar-refractivity contribution is -0.124. The quantitative estimate of drug-likeness (QED) is 0.698. The number of fused-ring (bicyclic) bond motifs is 3. The van der Waals surface area contributed by atoms with E-state index in [1.165, 1.54) is 5.56 Å². The van der Waals surface area contributed by atoms with Crippen LogP contribution in [0.1, 0.15) is 59.7 Å². The van der Waals surface area contributed by atoms with Crippen LogP contribution in [0, 0.1) is 18.3 Å². The zero-order valence-electron chi connectivity index (χ0n) is 16.5. The van der Waals surface area contributed by atoms with Crippen LogP contribution in [-0.2, 0) is 4.79 Å². The molecule has 0 aromatic heterocycles. The van der Waals surface area contributed by atoms with Crippen molar-refractivity contribution >= 4 is 23.0 Å². The highest BCUT2D eigenvalue weighted by Gasteiger charge is 2.49. The number of carbonyl (C=O) groups excluding carboxylic acids is 2. The topological polar surface area (TPSA) is 46.5 Å². The minimum Gasteiger partial charge on any atom is -0.299 e. The Morgan fingerprint density at radius 2 is 1.57 bits per heavy atom. The van der Waals surface area contributed by atoms with E-state index < -0.39 is 0 Å². The van der Waals surface area contributed by atoms with Crippen molar-refractivity contribution in [1.82, 2.24) is 0 Å². The lowest BCUT2D eigenvalue weighted by Gasteiger charge is -2.40. The standard InChI is InChI=1S/C25H23NO2/c1-14-8-10-15(11-9-14)20-21-18(12-25(2,3)13-19(21)27)26-23-16-6-4-5-7-17(16)24(28)22(20)23/h4-11,20-21H,12-13H2,1-3H3/t20-,21-/m0/s1. The number of benzene rings is 2. The van der Waals surface area contributed by atoms with E-state index in [0.717, 1.165) is 29.0 Å². The van der Waals surface area contributed by atoms with E-state index in [4.69, 9.17) is 4.99 Å². The fourth-order valence-electron chi connectivity index (χ4n) is 5.06. The summed E-state index contributed by atoms with van der Waals surface area (Å²) in [7, 11) is 0. The van der Waals surface area contributed by atoms with Gasteiger partial charge in [-0.1, -0.05) is 67.9 Å². The van der Waals surface area contributed by atoms with Gasteiger partial charge in [-0.2, -0.15) is 0 Å². The molecule has 2 aliphatic carbocycles. The first kappa shape index (κ1) is 17.3. The van der Waals surface area contributed by atoms with Crippen molar-refractivity contribution in [2.45, 2.75) is 39.5 Å². The van der Waals surface area contributed by atoms with E-state index in [2.05, 4.69) is 38.1 Å². The Morgan fingerprint density at radius 3 is 2.29 bits per heavy atom. The number of allylic oxidation sites excluding steroid dienone is 1. The molecule has 2 aromatic carbocycles. The lowest BCUT2D eigenvalue weighted by Crippen LogP contribution is -2.43. The van der Waals surface area contributed by atoms with Gasteiger partial charge in [0.15, 0.2) is 5.78 Å². The van der Waals surface area contributed by atoms with Crippen LogP contribution < -0.4 is 0 Å². The van der Waals surface area contributed by atoms with Gasteiger partial charge in [0.2, 0.25) is 0 Å². The molecule has 0 N–H and O–H groups in total. The third-order valence-corrected chi connectivity index (χ3v) is 6.28. The van der Waals surface area contributed by atoms with Gasteiger partial charge < -0.3 is 0 Å². The molecule has 1 aliphatic heterocycles. The number of hydrogen-bond donors (Lipinski definition) is 0. The molecular formula is C25H23NO2. The predicted molar refractivity (Wildman–Crippen MR) is 111 cm³/mol. The SMILES string of the molecule is Cc1ccc([C@@H]2C3=C(N=C4CC(C)(C)CC(=O)[C@H]42)c2ccccc2C3=O)cc1. The van der Waals surface area contributed by atoms with Crippen molar-refractivity contribution in [3.8, 4) is 0 Å². The molecule has 0 radical (unpaired) electrons. The number of nitrogens with zero attached hydrogens (tertiary/aromatic N) is 1. The van der Waals surface area contributed by atoms with E-state index in [1.807, 2.05) is 31.2 Å². The second kappa shape index (κ2) is 5.84. The Balaban J connectivity index is 1.75. The van der Waals surface area contributed by atoms with E-state index in [1.54, 1.807) is 0 Å². The smallest absolute Gasteiger partial charge is 0.192 e. The highest BCUT2D eigenvalue weighted by atomic mass is 16.1. The molecular weight excluding hydrogens is 346 g/mol. The van der Waals surface area contributed by atoms with Crippen LogP contribution in [0.15, 0.2) is 59.1 Å². The maximum atomic E-state index is 13.4. The summed E-state index contributed by atoms with van der Waals surface area (Å²) >= 11 is 0. The fraction of sp³-hybridized carbons (Fsp3) is 0.320.